The Balaban J connectivity index is 1.95. The van der Waals surface area contributed by atoms with E-state index in [0.29, 0.717) is 39.3 Å². The van der Waals surface area contributed by atoms with Crippen LogP contribution in [0, 0.1) is 6.92 Å². The lowest BCUT2D eigenvalue weighted by Gasteiger charge is -2.09. The van der Waals surface area contributed by atoms with Gasteiger partial charge in [0.25, 0.3) is 5.91 Å². The van der Waals surface area contributed by atoms with Crippen LogP contribution >= 0.6 is 23.2 Å². The SMILES string of the molecule is C=C/C(=C\N=C)n1cc(C(=O)NCCOc2cc(Cl)ccc2Cl)c(C)n1. The van der Waals surface area contributed by atoms with E-state index in [1.807, 2.05) is 0 Å². The van der Waals surface area contributed by atoms with Crippen LogP contribution in [0.4, 0.5) is 0 Å². The number of allylic oxidation sites excluding steroid dienone is 2. The first-order valence-corrected chi connectivity index (χ1v) is 8.43. The molecule has 8 heteroatoms. The smallest absolute Gasteiger partial charge is 0.254 e. The molecule has 0 aliphatic rings. The number of nitrogens with zero attached hydrogens (tertiary/aromatic N) is 3. The normalized spacial score (nSPS) is 11.1. The van der Waals surface area contributed by atoms with E-state index in [1.54, 1.807) is 37.4 Å². The zero-order chi connectivity index (χ0) is 19.1. The van der Waals surface area contributed by atoms with Crippen LogP contribution in [-0.4, -0.2) is 35.6 Å². The van der Waals surface area contributed by atoms with E-state index in [4.69, 9.17) is 27.9 Å². The van der Waals surface area contributed by atoms with Crippen molar-refractivity contribution >= 4 is 41.5 Å². The molecule has 26 heavy (non-hydrogen) atoms. The fourth-order valence-corrected chi connectivity index (χ4v) is 2.46. The summed E-state index contributed by atoms with van der Waals surface area (Å²) in [5.74, 6) is 0.208. The van der Waals surface area contributed by atoms with E-state index in [-0.39, 0.29) is 12.5 Å². The Morgan fingerprint density at radius 3 is 2.92 bits per heavy atom. The zero-order valence-corrected chi connectivity index (χ0v) is 15.7. The lowest BCUT2D eigenvalue weighted by Crippen LogP contribution is -2.28. The molecule has 0 aliphatic heterocycles. The maximum Gasteiger partial charge on any atom is 0.254 e. The third kappa shape index (κ3) is 4.97. The summed E-state index contributed by atoms with van der Waals surface area (Å²) in [7, 11) is 0. The molecular weight excluding hydrogens is 375 g/mol. The van der Waals surface area contributed by atoms with Crippen molar-refractivity contribution < 1.29 is 9.53 Å². The van der Waals surface area contributed by atoms with Crippen molar-refractivity contribution in [3.8, 4) is 5.75 Å². The maximum atomic E-state index is 12.3. The van der Waals surface area contributed by atoms with Gasteiger partial charge in [-0.2, -0.15) is 5.10 Å². The third-order valence-electron chi connectivity index (χ3n) is 3.38. The Hall–Kier alpha value is -2.57. The number of benzene rings is 1. The molecule has 1 N–H and O–H groups in total. The Kier molecular flexibility index (Phi) is 7.00. The van der Waals surface area contributed by atoms with E-state index >= 15 is 0 Å². The quantitative estimate of drug-likeness (QED) is 0.419. The van der Waals surface area contributed by atoms with Crippen LogP contribution in [0.15, 0.2) is 48.2 Å². The fraction of sp³-hybridized carbons (Fsp3) is 0.167. The number of hydrogen-bond acceptors (Lipinski definition) is 4. The summed E-state index contributed by atoms with van der Waals surface area (Å²) in [5.41, 5.74) is 1.64. The molecule has 0 radical (unpaired) electrons. The topological polar surface area (TPSA) is 68.5 Å². The van der Waals surface area contributed by atoms with Crippen molar-refractivity contribution in [2.75, 3.05) is 13.2 Å². The molecule has 2 aromatic rings. The second-order valence-electron chi connectivity index (χ2n) is 5.19. The van der Waals surface area contributed by atoms with Gasteiger partial charge in [0.1, 0.15) is 12.4 Å². The summed E-state index contributed by atoms with van der Waals surface area (Å²) in [6.45, 7) is 9.38. The molecule has 0 unspecified atom stereocenters. The minimum atomic E-state index is -0.260. The van der Waals surface area contributed by atoms with Crippen molar-refractivity contribution in [3.63, 3.8) is 0 Å². The summed E-state index contributed by atoms with van der Waals surface area (Å²) in [5, 5.41) is 8.04. The molecule has 136 valence electrons. The molecule has 0 spiro atoms. The predicted octanol–water partition coefficient (Wildman–Crippen LogP) is 3.99. The van der Waals surface area contributed by atoms with Gasteiger partial charge in [0.15, 0.2) is 0 Å². The highest BCUT2D eigenvalue weighted by Crippen LogP contribution is 2.27. The zero-order valence-electron chi connectivity index (χ0n) is 14.2. The highest BCUT2D eigenvalue weighted by molar-refractivity contribution is 6.34. The lowest BCUT2D eigenvalue weighted by molar-refractivity contribution is 0.0946. The van der Waals surface area contributed by atoms with Gasteiger partial charge in [-0.15, -0.1) is 0 Å². The number of aromatic nitrogens is 2. The largest absolute Gasteiger partial charge is 0.490 e. The number of amides is 1. The molecule has 1 aromatic heterocycles. The molecule has 1 aromatic carbocycles. The van der Waals surface area contributed by atoms with Gasteiger partial charge in [-0.25, -0.2) is 4.68 Å². The van der Waals surface area contributed by atoms with Crippen LogP contribution in [0.1, 0.15) is 16.1 Å². The van der Waals surface area contributed by atoms with Gasteiger partial charge in [0.05, 0.1) is 34.7 Å². The fourth-order valence-electron chi connectivity index (χ4n) is 2.12. The molecule has 1 amide bonds. The molecular formula is C18H18Cl2N4O2. The second-order valence-corrected chi connectivity index (χ2v) is 6.04. The van der Waals surface area contributed by atoms with E-state index in [0.717, 1.165) is 0 Å². The summed E-state index contributed by atoms with van der Waals surface area (Å²) in [4.78, 5) is 16.0. The molecule has 0 saturated heterocycles. The number of ether oxygens (including phenoxy) is 1. The van der Waals surface area contributed by atoms with Gasteiger partial charge < -0.3 is 10.1 Å². The van der Waals surface area contributed by atoms with Gasteiger partial charge >= 0.3 is 0 Å². The van der Waals surface area contributed by atoms with Gasteiger partial charge in [0, 0.05) is 17.3 Å². The second kappa shape index (κ2) is 9.22. The van der Waals surface area contributed by atoms with Gasteiger partial charge in [0.2, 0.25) is 0 Å². The number of hydrogen-bond donors (Lipinski definition) is 1. The molecule has 0 aliphatic carbocycles. The summed E-state index contributed by atoms with van der Waals surface area (Å²) < 4.78 is 7.06. The number of nitrogens with one attached hydrogen (secondary N) is 1. The Labute approximate surface area is 161 Å². The van der Waals surface area contributed by atoms with Crippen molar-refractivity contribution in [2.24, 2.45) is 4.99 Å². The first-order valence-electron chi connectivity index (χ1n) is 7.67. The Morgan fingerprint density at radius 2 is 2.23 bits per heavy atom. The van der Waals surface area contributed by atoms with E-state index in [9.17, 15) is 4.79 Å². The van der Waals surface area contributed by atoms with Crippen LogP contribution in [0.2, 0.25) is 10.0 Å². The van der Waals surface area contributed by atoms with Gasteiger partial charge in [-0.1, -0.05) is 29.8 Å². The first kappa shape index (κ1) is 19.8. The van der Waals surface area contributed by atoms with E-state index in [2.05, 4.69) is 28.7 Å². The highest BCUT2D eigenvalue weighted by Gasteiger charge is 2.14. The number of aliphatic imine (C=N–C) groups is 1. The Bertz CT molecular complexity index is 859. The molecule has 6 nitrogen and oxygen atoms in total. The maximum absolute atomic E-state index is 12.3. The van der Waals surface area contributed by atoms with Gasteiger partial charge in [-0.05, 0) is 31.9 Å². The molecule has 0 saturated carbocycles. The molecule has 2 rings (SSSR count). The standard InChI is InChI=1S/C18H18Cl2N4O2/c1-4-14(10-21-3)24-11-15(12(2)23-24)18(25)22-7-8-26-17-9-13(19)5-6-16(17)20/h4-6,9-11H,1,3,7-8H2,2H3,(H,22,25)/b14-10+. The minimum absolute atomic E-state index is 0.247. The van der Waals surface area contributed by atoms with E-state index in [1.165, 1.54) is 10.9 Å². The molecule has 1 heterocycles. The van der Waals surface area contributed by atoms with Crippen LogP contribution in [0.3, 0.4) is 0 Å². The summed E-state index contributed by atoms with van der Waals surface area (Å²) in [6.07, 6.45) is 4.69. The monoisotopic (exact) mass is 392 g/mol. The number of carbonyl (C=O) groups is 1. The predicted molar refractivity (Wildman–Crippen MR) is 105 cm³/mol. The van der Waals surface area contributed by atoms with Crippen LogP contribution in [0.5, 0.6) is 5.75 Å². The average Bonchev–Trinajstić information content (AvgIpc) is 3.00. The highest BCUT2D eigenvalue weighted by atomic mass is 35.5. The number of aryl methyl sites for hydroxylation is 1. The van der Waals surface area contributed by atoms with Crippen molar-refractivity contribution in [1.82, 2.24) is 15.1 Å². The van der Waals surface area contributed by atoms with Crippen LogP contribution in [-0.2, 0) is 0 Å². The minimum Gasteiger partial charge on any atom is -0.490 e. The van der Waals surface area contributed by atoms with Crippen molar-refractivity contribution in [2.45, 2.75) is 6.92 Å². The molecule has 0 bridgehead atoms. The average molecular weight is 393 g/mol. The van der Waals surface area contributed by atoms with Crippen molar-refractivity contribution in [1.29, 1.82) is 0 Å². The lowest BCUT2D eigenvalue weighted by atomic mass is 10.2. The van der Waals surface area contributed by atoms with Gasteiger partial charge in [-0.3, -0.25) is 9.79 Å². The van der Waals surface area contributed by atoms with Crippen LogP contribution in [0.25, 0.3) is 5.70 Å². The van der Waals surface area contributed by atoms with Crippen LogP contribution < -0.4 is 10.1 Å². The van der Waals surface area contributed by atoms with Crippen molar-refractivity contribution in [3.05, 3.63) is 64.6 Å². The van der Waals surface area contributed by atoms with E-state index < -0.39 is 0 Å². The number of halogens is 2. The molecule has 0 atom stereocenters. The number of rotatable bonds is 8. The molecule has 0 fully saturated rings. The Morgan fingerprint density at radius 1 is 1.46 bits per heavy atom. The number of carbonyl (C=O) groups excluding carboxylic acids is 1. The summed E-state index contributed by atoms with van der Waals surface area (Å²) in [6, 6.07) is 4.95. The third-order valence-corrected chi connectivity index (χ3v) is 3.93. The first-order chi connectivity index (χ1) is 12.5. The summed E-state index contributed by atoms with van der Waals surface area (Å²) >= 11 is 11.9.